The van der Waals surface area contributed by atoms with Gasteiger partial charge in [0.15, 0.2) is 11.1 Å². The van der Waals surface area contributed by atoms with Crippen molar-refractivity contribution in [3.05, 3.63) is 95.1 Å². The van der Waals surface area contributed by atoms with Crippen LogP contribution in [0.4, 0.5) is 11.4 Å². The van der Waals surface area contributed by atoms with Crippen LogP contribution in [0.2, 0.25) is 0 Å². The summed E-state index contributed by atoms with van der Waals surface area (Å²) in [5.74, 6) is 0.894. The third-order valence-electron chi connectivity index (χ3n) is 5.95. The Morgan fingerprint density at radius 3 is 2.12 bits per heavy atom. The molecule has 3 aromatic rings. The first-order valence-corrected chi connectivity index (χ1v) is 12.2. The first kappa shape index (κ1) is 23.6. The summed E-state index contributed by atoms with van der Waals surface area (Å²) in [5.41, 5.74) is 7.57. The number of para-hydroxylation sites is 2. The average Bonchev–Trinajstić information content (AvgIpc) is 3.27. The van der Waals surface area contributed by atoms with E-state index in [1.54, 1.807) is 11.8 Å². The second-order valence-electron chi connectivity index (χ2n) is 7.98. The number of aliphatic imine (C=N–C) groups is 2. The minimum absolute atomic E-state index is 0. The Morgan fingerprint density at radius 1 is 0.788 bits per heavy atom. The fourth-order valence-electron chi connectivity index (χ4n) is 4.27. The van der Waals surface area contributed by atoms with Gasteiger partial charge in [-0.05, 0) is 53.5 Å². The van der Waals surface area contributed by atoms with E-state index in [0.717, 1.165) is 48.4 Å². The Bertz CT molecular complexity index is 1180. The third-order valence-corrected chi connectivity index (χ3v) is 6.57. The van der Waals surface area contributed by atoms with Gasteiger partial charge in [0.25, 0.3) is 0 Å². The fraction of sp³-hybridized carbons (Fsp3) is 0.231. The molecular formula is C26H28IN5S. The Hall–Kier alpha value is -2.52. The topological polar surface area (TPSA) is 60.8 Å². The lowest BCUT2D eigenvalue weighted by Gasteiger charge is -2.22. The number of guanidine groups is 1. The molecule has 2 aliphatic heterocycles. The molecule has 0 aromatic heterocycles. The molecule has 3 aromatic carbocycles. The number of thioether (sulfide) groups is 1. The van der Waals surface area contributed by atoms with Crippen LogP contribution in [0.5, 0.6) is 0 Å². The van der Waals surface area contributed by atoms with Gasteiger partial charge in [-0.2, -0.15) is 0 Å². The maximum absolute atomic E-state index is 4.68. The first-order valence-electron chi connectivity index (χ1n) is 11.0. The number of benzene rings is 3. The highest BCUT2D eigenvalue weighted by Crippen LogP contribution is 2.31. The molecule has 0 spiro atoms. The van der Waals surface area contributed by atoms with Gasteiger partial charge in [-0.1, -0.05) is 72.4 Å². The summed E-state index contributed by atoms with van der Waals surface area (Å²) in [6, 6.07) is 25.5. The van der Waals surface area contributed by atoms with Crippen LogP contribution >= 0.6 is 35.7 Å². The van der Waals surface area contributed by atoms with Crippen molar-refractivity contribution in [1.29, 1.82) is 0 Å². The first-order chi connectivity index (χ1) is 15.8. The van der Waals surface area contributed by atoms with Crippen molar-refractivity contribution >= 4 is 58.2 Å². The summed E-state index contributed by atoms with van der Waals surface area (Å²) in [6.07, 6.45) is 4.32. The Morgan fingerprint density at radius 2 is 1.39 bits per heavy atom. The van der Waals surface area contributed by atoms with Gasteiger partial charge in [-0.15, -0.1) is 24.0 Å². The summed E-state index contributed by atoms with van der Waals surface area (Å²) >= 11 is 1.65. The predicted molar refractivity (Wildman–Crippen MR) is 150 cm³/mol. The van der Waals surface area contributed by atoms with Crippen LogP contribution in [0, 0.1) is 0 Å². The van der Waals surface area contributed by atoms with Gasteiger partial charge in [0.2, 0.25) is 0 Å². The van der Waals surface area contributed by atoms with E-state index < -0.39 is 0 Å². The molecule has 0 fully saturated rings. The highest BCUT2D eigenvalue weighted by Gasteiger charge is 2.23. The number of hydrogen-bond donors (Lipinski definition) is 3. The van der Waals surface area contributed by atoms with Crippen LogP contribution < -0.4 is 16.0 Å². The second-order valence-corrected chi connectivity index (χ2v) is 8.78. The molecule has 0 saturated carbocycles. The Kier molecular flexibility index (Phi) is 7.93. The summed E-state index contributed by atoms with van der Waals surface area (Å²) in [4.78, 5) is 9.11. The monoisotopic (exact) mass is 569 g/mol. The molecule has 5 nitrogen and oxygen atoms in total. The lowest BCUT2D eigenvalue weighted by Crippen LogP contribution is -2.40. The van der Waals surface area contributed by atoms with Gasteiger partial charge >= 0.3 is 0 Å². The van der Waals surface area contributed by atoms with Gasteiger partial charge in [-0.3, -0.25) is 0 Å². The lowest BCUT2D eigenvalue weighted by molar-refractivity contribution is 0.620. The molecule has 1 aliphatic carbocycles. The minimum atomic E-state index is 0. The van der Waals surface area contributed by atoms with Crippen molar-refractivity contribution in [1.82, 2.24) is 16.0 Å². The van der Waals surface area contributed by atoms with E-state index in [2.05, 4.69) is 74.5 Å². The van der Waals surface area contributed by atoms with E-state index >= 15 is 0 Å². The number of nitrogens with one attached hydrogen (secondary N) is 3. The number of hydrogen-bond acceptors (Lipinski definition) is 6. The number of rotatable bonds is 1. The van der Waals surface area contributed by atoms with Crippen molar-refractivity contribution in [2.45, 2.75) is 32.0 Å². The number of fused-ring (bicyclic) bond motifs is 3. The Labute approximate surface area is 216 Å². The van der Waals surface area contributed by atoms with Crippen LogP contribution in [0.25, 0.3) is 0 Å². The molecule has 0 radical (unpaired) electrons. The van der Waals surface area contributed by atoms with Gasteiger partial charge in [0.1, 0.15) is 0 Å². The SMILES string of the molecule is CSC1=Nc2ccccc2CN1.I.c1ccc2c(c1)CNC(N[C@@H]1CCc3ccccc31)=N2. The summed E-state index contributed by atoms with van der Waals surface area (Å²) < 4.78 is 0. The van der Waals surface area contributed by atoms with Gasteiger partial charge in [0.05, 0.1) is 17.4 Å². The molecule has 2 heterocycles. The van der Waals surface area contributed by atoms with Gasteiger partial charge in [-0.25, -0.2) is 9.98 Å². The fourth-order valence-corrected chi connectivity index (χ4v) is 4.68. The zero-order chi connectivity index (χ0) is 21.8. The number of aryl methyl sites for hydroxylation is 1. The molecule has 33 heavy (non-hydrogen) atoms. The van der Waals surface area contributed by atoms with Crippen molar-refractivity contribution in [3.8, 4) is 0 Å². The zero-order valence-corrected chi connectivity index (χ0v) is 21.7. The normalized spacial score (nSPS) is 17.2. The van der Waals surface area contributed by atoms with Gasteiger partial charge < -0.3 is 16.0 Å². The molecular weight excluding hydrogens is 541 g/mol. The maximum atomic E-state index is 4.68. The van der Waals surface area contributed by atoms with E-state index in [1.807, 2.05) is 30.5 Å². The number of halogens is 1. The maximum Gasteiger partial charge on any atom is 0.197 e. The summed E-state index contributed by atoms with van der Waals surface area (Å²) in [7, 11) is 0. The van der Waals surface area contributed by atoms with E-state index in [4.69, 9.17) is 0 Å². The highest BCUT2D eigenvalue weighted by molar-refractivity contribution is 14.0. The number of amidine groups is 1. The highest BCUT2D eigenvalue weighted by atomic mass is 127. The van der Waals surface area contributed by atoms with E-state index in [0.29, 0.717) is 6.04 Å². The van der Waals surface area contributed by atoms with E-state index in [1.165, 1.54) is 22.3 Å². The van der Waals surface area contributed by atoms with Crippen molar-refractivity contribution < 1.29 is 0 Å². The summed E-state index contributed by atoms with van der Waals surface area (Å²) in [6.45, 7) is 1.74. The molecule has 0 bridgehead atoms. The lowest BCUT2D eigenvalue weighted by atomic mass is 10.1. The minimum Gasteiger partial charge on any atom is -0.360 e. The van der Waals surface area contributed by atoms with Crippen molar-refractivity contribution in [2.24, 2.45) is 9.98 Å². The standard InChI is InChI=1S/C17H17N3.C9H10N2S.HI/c1-3-7-14-12(5-1)9-10-16(14)20-17-18-11-13-6-2-4-8-15(13)19-17;1-12-9-10-6-7-4-2-3-5-8(7)11-9;/h1-8,16H,9-11H2,(H2,18,19,20);2-5H,6H2,1H3,(H,10,11);1H/t16-;;/m1../s1. The Balaban J connectivity index is 0.000000172. The second kappa shape index (κ2) is 11.1. The molecule has 0 unspecified atom stereocenters. The van der Waals surface area contributed by atoms with Crippen molar-refractivity contribution in [2.75, 3.05) is 6.26 Å². The molecule has 3 aliphatic rings. The molecule has 3 N–H and O–H groups in total. The van der Waals surface area contributed by atoms with E-state index in [9.17, 15) is 0 Å². The predicted octanol–water partition coefficient (Wildman–Crippen LogP) is 5.81. The number of nitrogens with zero attached hydrogens (tertiary/aromatic N) is 2. The summed E-state index contributed by atoms with van der Waals surface area (Å²) in [5, 5.41) is 11.2. The molecule has 7 heteroatoms. The largest absolute Gasteiger partial charge is 0.360 e. The van der Waals surface area contributed by atoms with Crippen LogP contribution in [-0.4, -0.2) is 17.4 Å². The van der Waals surface area contributed by atoms with Crippen LogP contribution in [-0.2, 0) is 19.5 Å². The van der Waals surface area contributed by atoms with Crippen LogP contribution in [0.1, 0.15) is 34.7 Å². The zero-order valence-electron chi connectivity index (χ0n) is 18.5. The molecule has 170 valence electrons. The molecule has 6 rings (SSSR count). The molecule has 0 amide bonds. The molecule has 0 saturated heterocycles. The smallest absolute Gasteiger partial charge is 0.197 e. The average molecular weight is 570 g/mol. The third kappa shape index (κ3) is 5.52. The van der Waals surface area contributed by atoms with Crippen LogP contribution in [0.3, 0.4) is 0 Å². The van der Waals surface area contributed by atoms with Crippen LogP contribution in [0.15, 0.2) is 82.8 Å². The molecule has 1 atom stereocenters. The van der Waals surface area contributed by atoms with Crippen molar-refractivity contribution in [3.63, 3.8) is 0 Å². The van der Waals surface area contributed by atoms with E-state index in [-0.39, 0.29) is 24.0 Å². The van der Waals surface area contributed by atoms with Gasteiger partial charge in [0, 0.05) is 13.1 Å². The quantitative estimate of drug-likeness (QED) is 0.324.